The summed E-state index contributed by atoms with van der Waals surface area (Å²) in [6, 6.07) is 6.65. The van der Waals surface area contributed by atoms with Gasteiger partial charge in [0.15, 0.2) is 0 Å². The smallest absolute Gasteiger partial charge is 0.337 e. The molecule has 1 saturated carbocycles. The van der Waals surface area contributed by atoms with Crippen LogP contribution in [0.1, 0.15) is 41.8 Å². The van der Waals surface area contributed by atoms with Gasteiger partial charge in [-0.3, -0.25) is 19.8 Å². The monoisotopic (exact) mass is 428 g/mol. The summed E-state index contributed by atoms with van der Waals surface area (Å²) in [5.74, 6) is -1.93. The molecule has 1 aliphatic carbocycles. The Kier molecular flexibility index (Phi) is 5.17. The fourth-order valence-corrected chi connectivity index (χ4v) is 4.00. The van der Waals surface area contributed by atoms with Gasteiger partial charge in [0.2, 0.25) is 0 Å². The van der Waals surface area contributed by atoms with E-state index in [4.69, 9.17) is 21.1 Å². The number of benzene rings is 1. The van der Waals surface area contributed by atoms with Crippen LogP contribution in [-0.4, -0.2) is 39.9 Å². The summed E-state index contributed by atoms with van der Waals surface area (Å²) >= 11 is 6.00. The van der Waals surface area contributed by atoms with Crippen LogP contribution in [-0.2, 0) is 9.59 Å². The lowest BCUT2D eigenvalue weighted by atomic mass is 10.1. The van der Waals surface area contributed by atoms with Gasteiger partial charge in [-0.1, -0.05) is 30.5 Å². The van der Waals surface area contributed by atoms with Crippen molar-refractivity contribution in [2.75, 3.05) is 0 Å². The Morgan fingerprint density at radius 3 is 2.57 bits per heavy atom. The number of hydrogen-bond acceptors (Lipinski definition) is 5. The van der Waals surface area contributed by atoms with Crippen molar-refractivity contribution < 1.29 is 28.7 Å². The average Bonchev–Trinajstić information content (AvgIpc) is 3.37. The molecule has 0 bridgehead atoms. The third-order valence-electron chi connectivity index (χ3n) is 5.22. The summed E-state index contributed by atoms with van der Waals surface area (Å²) in [6.45, 7) is 0. The van der Waals surface area contributed by atoms with Gasteiger partial charge in [0, 0.05) is 11.6 Å². The van der Waals surface area contributed by atoms with Crippen molar-refractivity contribution in [3.8, 4) is 11.3 Å². The second kappa shape index (κ2) is 7.79. The fraction of sp³-hybridized carbons (Fsp3) is 0.238. The molecule has 1 saturated heterocycles. The standard InChI is InChI=1S/C21H17ClN2O6/c22-16-9-11(5-7-14(16)20(27)28)17-8-6-13(30-17)10-15-18(25)23-21(29)24(19(15)26)12-3-1-2-4-12/h5-10,12H,1-4H2,(H,27,28)(H,23,25,29)/b15-10+. The van der Waals surface area contributed by atoms with E-state index in [0.29, 0.717) is 11.3 Å². The van der Waals surface area contributed by atoms with Crippen LogP contribution in [0.15, 0.2) is 40.3 Å². The number of carbonyl (C=O) groups excluding carboxylic acids is 3. The van der Waals surface area contributed by atoms with E-state index in [9.17, 15) is 19.2 Å². The minimum atomic E-state index is -1.14. The van der Waals surface area contributed by atoms with Gasteiger partial charge in [0.05, 0.1) is 10.6 Å². The van der Waals surface area contributed by atoms with Crippen molar-refractivity contribution in [1.29, 1.82) is 0 Å². The zero-order chi connectivity index (χ0) is 21.4. The molecule has 4 amide bonds. The Morgan fingerprint density at radius 2 is 1.90 bits per heavy atom. The number of aromatic carboxylic acids is 1. The molecule has 1 aliphatic heterocycles. The first-order valence-electron chi connectivity index (χ1n) is 9.39. The quantitative estimate of drug-likeness (QED) is 0.566. The molecule has 0 radical (unpaired) electrons. The van der Waals surface area contributed by atoms with Gasteiger partial charge in [-0.25, -0.2) is 9.59 Å². The van der Waals surface area contributed by atoms with Gasteiger partial charge in [-0.15, -0.1) is 0 Å². The predicted octanol–water partition coefficient (Wildman–Crippen LogP) is 3.70. The lowest BCUT2D eigenvalue weighted by Crippen LogP contribution is -2.57. The van der Waals surface area contributed by atoms with Crippen LogP contribution >= 0.6 is 11.6 Å². The first-order chi connectivity index (χ1) is 14.3. The first kappa shape index (κ1) is 19.9. The number of nitrogens with zero attached hydrogens (tertiary/aromatic N) is 1. The van der Waals surface area contributed by atoms with Crippen LogP contribution in [0.3, 0.4) is 0 Å². The molecule has 8 nitrogen and oxygen atoms in total. The summed E-state index contributed by atoms with van der Waals surface area (Å²) in [6.07, 6.45) is 4.60. The van der Waals surface area contributed by atoms with Crippen LogP contribution in [0.4, 0.5) is 4.79 Å². The van der Waals surface area contributed by atoms with Gasteiger partial charge in [-0.05, 0) is 43.2 Å². The fourth-order valence-electron chi connectivity index (χ4n) is 3.73. The Morgan fingerprint density at radius 1 is 1.17 bits per heavy atom. The highest BCUT2D eigenvalue weighted by Crippen LogP contribution is 2.30. The second-order valence-corrected chi connectivity index (χ2v) is 7.54. The number of carboxylic acids is 1. The lowest BCUT2D eigenvalue weighted by Gasteiger charge is -2.30. The van der Waals surface area contributed by atoms with Crippen LogP contribution in [0.5, 0.6) is 0 Å². The first-order valence-corrected chi connectivity index (χ1v) is 9.76. The number of barbiturate groups is 1. The predicted molar refractivity (Wildman–Crippen MR) is 107 cm³/mol. The molecule has 1 aromatic heterocycles. The van der Waals surface area contributed by atoms with E-state index in [1.54, 1.807) is 18.2 Å². The second-order valence-electron chi connectivity index (χ2n) is 7.13. The highest BCUT2D eigenvalue weighted by Gasteiger charge is 2.40. The molecular formula is C21H17ClN2O6. The molecule has 0 atom stereocenters. The van der Waals surface area contributed by atoms with Crippen molar-refractivity contribution in [3.05, 3.63) is 52.3 Å². The van der Waals surface area contributed by atoms with Gasteiger partial charge in [-0.2, -0.15) is 0 Å². The van der Waals surface area contributed by atoms with Crippen molar-refractivity contribution >= 4 is 41.5 Å². The number of rotatable bonds is 4. The molecule has 2 heterocycles. The molecule has 9 heteroatoms. The Bertz CT molecular complexity index is 1100. The highest BCUT2D eigenvalue weighted by atomic mass is 35.5. The van der Waals surface area contributed by atoms with Crippen molar-refractivity contribution in [2.45, 2.75) is 31.7 Å². The van der Waals surface area contributed by atoms with Gasteiger partial charge in [0.1, 0.15) is 17.1 Å². The summed E-state index contributed by atoms with van der Waals surface area (Å²) in [5.41, 5.74) is 0.328. The molecular weight excluding hydrogens is 412 g/mol. The van der Waals surface area contributed by atoms with Crippen molar-refractivity contribution in [2.24, 2.45) is 0 Å². The normalized spacial score (nSPS) is 18.9. The Labute approximate surface area is 176 Å². The summed E-state index contributed by atoms with van der Waals surface area (Å²) in [5, 5.41) is 11.3. The topological polar surface area (TPSA) is 117 Å². The lowest BCUT2D eigenvalue weighted by molar-refractivity contribution is -0.131. The molecule has 0 spiro atoms. The van der Waals surface area contributed by atoms with E-state index in [0.717, 1.165) is 30.6 Å². The number of carbonyl (C=O) groups is 4. The minimum absolute atomic E-state index is 0.0320. The maximum Gasteiger partial charge on any atom is 0.337 e. The van der Waals surface area contributed by atoms with Crippen LogP contribution in [0.25, 0.3) is 17.4 Å². The van der Waals surface area contributed by atoms with E-state index >= 15 is 0 Å². The summed E-state index contributed by atoms with van der Waals surface area (Å²) in [4.78, 5) is 49.4. The van der Waals surface area contributed by atoms with Gasteiger partial charge >= 0.3 is 12.0 Å². The largest absolute Gasteiger partial charge is 0.478 e. The molecule has 2 aromatic rings. The molecule has 4 rings (SSSR count). The van der Waals surface area contributed by atoms with Gasteiger partial charge < -0.3 is 9.52 Å². The van der Waals surface area contributed by atoms with E-state index in [1.807, 2.05) is 0 Å². The van der Waals surface area contributed by atoms with E-state index in [1.165, 1.54) is 18.2 Å². The number of halogens is 1. The number of urea groups is 1. The van der Waals surface area contributed by atoms with Crippen LogP contribution in [0.2, 0.25) is 5.02 Å². The molecule has 2 aliphatic rings. The Balaban J connectivity index is 1.62. The summed E-state index contributed by atoms with van der Waals surface area (Å²) < 4.78 is 5.69. The average molecular weight is 429 g/mol. The SMILES string of the molecule is O=C1NC(=O)N(C2CCCC2)C(=O)/C1=C/c1ccc(-c2ccc(C(=O)O)c(Cl)c2)o1. The highest BCUT2D eigenvalue weighted by molar-refractivity contribution is 6.33. The van der Waals surface area contributed by atoms with E-state index < -0.39 is 23.8 Å². The molecule has 0 unspecified atom stereocenters. The maximum absolute atomic E-state index is 12.8. The van der Waals surface area contributed by atoms with Crippen LogP contribution < -0.4 is 5.32 Å². The third-order valence-corrected chi connectivity index (χ3v) is 5.53. The molecule has 1 aromatic carbocycles. The number of carboxylic acid groups (broad SMARTS) is 1. The van der Waals surface area contributed by atoms with E-state index in [-0.39, 0.29) is 28.0 Å². The van der Waals surface area contributed by atoms with E-state index in [2.05, 4.69) is 5.32 Å². The molecule has 154 valence electrons. The Hall–Kier alpha value is -3.39. The zero-order valence-electron chi connectivity index (χ0n) is 15.7. The minimum Gasteiger partial charge on any atom is -0.478 e. The molecule has 2 N–H and O–H groups in total. The molecule has 30 heavy (non-hydrogen) atoms. The zero-order valence-corrected chi connectivity index (χ0v) is 16.4. The number of nitrogens with one attached hydrogen (secondary N) is 1. The third kappa shape index (κ3) is 3.61. The maximum atomic E-state index is 12.8. The van der Waals surface area contributed by atoms with Gasteiger partial charge in [0.25, 0.3) is 11.8 Å². The molecule has 2 fully saturated rings. The number of imide groups is 2. The summed E-state index contributed by atoms with van der Waals surface area (Å²) in [7, 11) is 0. The number of hydrogen-bond donors (Lipinski definition) is 2. The number of amides is 4. The van der Waals surface area contributed by atoms with Crippen molar-refractivity contribution in [3.63, 3.8) is 0 Å². The van der Waals surface area contributed by atoms with Crippen molar-refractivity contribution in [1.82, 2.24) is 10.2 Å². The van der Waals surface area contributed by atoms with Crippen LogP contribution in [0, 0.1) is 0 Å². The number of furan rings is 1.